The molecular formula is C16H17ClFNO. The molecule has 106 valence electrons. The average molecular weight is 294 g/mol. The molecule has 2 N–H and O–H groups in total. The predicted octanol–water partition coefficient (Wildman–Crippen LogP) is 4.12. The zero-order valence-electron chi connectivity index (χ0n) is 11.3. The highest BCUT2D eigenvalue weighted by Gasteiger charge is 2.13. The van der Waals surface area contributed by atoms with Crippen LogP contribution in [-0.2, 0) is 6.42 Å². The second-order valence-corrected chi connectivity index (χ2v) is 5.04. The largest absolute Gasteiger partial charge is 0.497 e. The van der Waals surface area contributed by atoms with E-state index < -0.39 is 5.82 Å². The van der Waals surface area contributed by atoms with E-state index in [0.29, 0.717) is 12.0 Å². The van der Waals surface area contributed by atoms with E-state index in [1.54, 1.807) is 19.2 Å². The molecule has 2 rings (SSSR count). The molecule has 0 aliphatic heterocycles. The molecular weight excluding hydrogens is 277 g/mol. The predicted molar refractivity (Wildman–Crippen MR) is 79.7 cm³/mol. The van der Waals surface area contributed by atoms with Gasteiger partial charge in [0.25, 0.3) is 0 Å². The number of hydrogen-bond acceptors (Lipinski definition) is 2. The Bertz CT molecular complexity index is 571. The summed E-state index contributed by atoms with van der Waals surface area (Å²) >= 11 is 5.76. The van der Waals surface area contributed by atoms with Crippen LogP contribution in [0.5, 0.6) is 5.75 Å². The monoisotopic (exact) mass is 293 g/mol. The van der Waals surface area contributed by atoms with Gasteiger partial charge in [0, 0.05) is 11.6 Å². The average Bonchev–Trinajstić information content (AvgIpc) is 2.48. The Morgan fingerprint density at radius 3 is 2.55 bits per heavy atom. The van der Waals surface area contributed by atoms with Crippen molar-refractivity contribution >= 4 is 11.6 Å². The van der Waals surface area contributed by atoms with Crippen LogP contribution in [0, 0.1) is 5.82 Å². The minimum Gasteiger partial charge on any atom is -0.497 e. The molecule has 2 nitrogen and oxygen atoms in total. The third kappa shape index (κ3) is 3.50. The molecule has 0 amide bonds. The first-order valence-corrected chi connectivity index (χ1v) is 6.82. The number of benzene rings is 2. The van der Waals surface area contributed by atoms with Crippen LogP contribution in [0.4, 0.5) is 4.39 Å². The fourth-order valence-corrected chi connectivity index (χ4v) is 2.26. The first kappa shape index (κ1) is 14.8. The van der Waals surface area contributed by atoms with Gasteiger partial charge in [0.2, 0.25) is 0 Å². The molecule has 0 bridgehead atoms. The fraction of sp³-hybridized carbons (Fsp3) is 0.250. The lowest BCUT2D eigenvalue weighted by Crippen LogP contribution is -2.13. The van der Waals surface area contributed by atoms with Gasteiger partial charge in [-0.1, -0.05) is 35.9 Å². The van der Waals surface area contributed by atoms with E-state index in [2.05, 4.69) is 0 Å². The zero-order chi connectivity index (χ0) is 14.5. The highest BCUT2D eigenvalue weighted by Crippen LogP contribution is 2.25. The van der Waals surface area contributed by atoms with Gasteiger partial charge in [-0.25, -0.2) is 4.39 Å². The molecule has 0 saturated carbocycles. The molecule has 0 aliphatic rings. The fourth-order valence-electron chi connectivity index (χ4n) is 2.08. The maximum absolute atomic E-state index is 13.8. The van der Waals surface area contributed by atoms with Crippen LogP contribution in [0.25, 0.3) is 0 Å². The summed E-state index contributed by atoms with van der Waals surface area (Å²) in [6.07, 6.45) is 1.43. The summed E-state index contributed by atoms with van der Waals surface area (Å²) in [4.78, 5) is 0. The second kappa shape index (κ2) is 6.73. The summed E-state index contributed by atoms with van der Waals surface area (Å²) in [7, 11) is 1.63. The van der Waals surface area contributed by atoms with Gasteiger partial charge in [0.15, 0.2) is 0 Å². The van der Waals surface area contributed by atoms with Gasteiger partial charge in [-0.2, -0.15) is 0 Å². The highest BCUT2D eigenvalue weighted by atomic mass is 35.5. The van der Waals surface area contributed by atoms with E-state index in [0.717, 1.165) is 17.7 Å². The summed E-state index contributed by atoms with van der Waals surface area (Å²) in [5.41, 5.74) is 7.65. The molecule has 0 fully saturated rings. The minimum absolute atomic E-state index is 0.113. The number of rotatable bonds is 5. The minimum atomic E-state index is -0.420. The quantitative estimate of drug-likeness (QED) is 0.900. The standard InChI is InChI=1S/C16H17ClFNO/c1-20-12-8-5-11(6-9-12)7-10-15(19)13-3-2-4-14(17)16(13)18/h2-6,8-9,15H,7,10,19H2,1H3. The SMILES string of the molecule is COc1ccc(CCC(N)c2cccc(Cl)c2F)cc1. The molecule has 2 aromatic rings. The van der Waals surface area contributed by atoms with Gasteiger partial charge in [-0.05, 0) is 36.6 Å². The van der Waals surface area contributed by atoms with Crippen LogP contribution in [0.2, 0.25) is 5.02 Å². The first-order valence-electron chi connectivity index (χ1n) is 6.44. The van der Waals surface area contributed by atoms with Crippen LogP contribution >= 0.6 is 11.6 Å². The van der Waals surface area contributed by atoms with Crippen LogP contribution in [0.3, 0.4) is 0 Å². The molecule has 1 atom stereocenters. The van der Waals surface area contributed by atoms with Gasteiger partial charge < -0.3 is 10.5 Å². The van der Waals surface area contributed by atoms with Gasteiger partial charge >= 0.3 is 0 Å². The number of ether oxygens (including phenoxy) is 1. The lowest BCUT2D eigenvalue weighted by atomic mass is 9.99. The molecule has 1 unspecified atom stereocenters. The molecule has 0 radical (unpaired) electrons. The second-order valence-electron chi connectivity index (χ2n) is 4.64. The van der Waals surface area contributed by atoms with E-state index in [9.17, 15) is 4.39 Å². The molecule has 0 spiro atoms. The molecule has 0 heterocycles. The smallest absolute Gasteiger partial charge is 0.146 e. The Balaban J connectivity index is 2.00. The van der Waals surface area contributed by atoms with E-state index in [-0.39, 0.29) is 11.1 Å². The summed E-state index contributed by atoms with van der Waals surface area (Å²) in [6, 6.07) is 12.3. The lowest BCUT2D eigenvalue weighted by molar-refractivity contribution is 0.414. The Labute approximate surface area is 123 Å². The van der Waals surface area contributed by atoms with Crippen LogP contribution < -0.4 is 10.5 Å². The van der Waals surface area contributed by atoms with E-state index in [4.69, 9.17) is 22.1 Å². The third-order valence-electron chi connectivity index (χ3n) is 3.28. The topological polar surface area (TPSA) is 35.2 Å². The van der Waals surface area contributed by atoms with Crippen molar-refractivity contribution in [3.8, 4) is 5.75 Å². The first-order chi connectivity index (χ1) is 9.61. The van der Waals surface area contributed by atoms with Crippen molar-refractivity contribution in [3.63, 3.8) is 0 Å². The lowest BCUT2D eigenvalue weighted by Gasteiger charge is -2.13. The van der Waals surface area contributed by atoms with E-state index in [1.165, 1.54) is 6.07 Å². The van der Waals surface area contributed by atoms with Gasteiger partial charge in [-0.3, -0.25) is 0 Å². The van der Waals surface area contributed by atoms with Crippen molar-refractivity contribution in [1.29, 1.82) is 0 Å². The van der Waals surface area contributed by atoms with Crippen molar-refractivity contribution in [2.45, 2.75) is 18.9 Å². The van der Waals surface area contributed by atoms with Crippen LogP contribution in [-0.4, -0.2) is 7.11 Å². The van der Waals surface area contributed by atoms with E-state index >= 15 is 0 Å². The van der Waals surface area contributed by atoms with Crippen molar-refractivity contribution in [2.24, 2.45) is 5.73 Å². The number of methoxy groups -OCH3 is 1. The molecule has 0 aromatic heterocycles. The molecule has 20 heavy (non-hydrogen) atoms. The van der Waals surface area contributed by atoms with Gasteiger partial charge in [0.05, 0.1) is 12.1 Å². The molecule has 2 aromatic carbocycles. The number of aryl methyl sites for hydroxylation is 1. The summed E-state index contributed by atoms with van der Waals surface area (Å²) in [5, 5.41) is 0.113. The summed E-state index contributed by atoms with van der Waals surface area (Å²) in [6.45, 7) is 0. The van der Waals surface area contributed by atoms with E-state index in [1.807, 2.05) is 24.3 Å². The summed E-state index contributed by atoms with van der Waals surface area (Å²) in [5.74, 6) is 0.398. The van der Waals surface area contributed by atoms with Crippen molar-refractivity contribution in [1.82, 2.24) is 0 Å². The van der Waals surface area contributed by atoms with Gasteiger partial charge in [-0.15, -0.1) is 0 Å². The van der Waals surface area contributed by atoms with Crippen molar-refractivity contribution < 1.29 is 9.13 Å². The Hall–Kier alpha value is -1.58. The Morgan fingerprint density at radius 2 is 1.90 bits per heavy atom. The number of nitrogens with two attached hydrogens (primary N) is 1. The van der Waals surface area contributed by atoms with Crippen molar-refractivity contribution in [2.75, 3.05) is 7.11 Å². The number of halogens is 2. The maximum Gasteiger partial charge on any atom is 0.146 e. The number of hydrogen-bond donors (Lipinski definition) is 1. The summed E-state index contributed by atoms with van der Waals surface area (Å²) < 4.78 is 19.0. The van der Waals surface area contributed by atoms with Crippen molar-refractivity contribution in [3.05, 3.63) is 64.4 Å². The Morgan fingerprint density at radius 1 is 1.20 bits per heavy atom. The normalized spacial score (nSPS) is 12.2. The maximum atomic E-state index is 13.8. The van der Waals surface area contributed by atoms with Crippen LogP contribution in [0.15, 0.2) is 42.5 Å². The molecule has 0 aliphatic carbocycles. The Kier molecular flexibility index (Phi) is 4.99. The van der Waals surface area contributed by atoms with Gasteiger partial charge in [0.1, 0.15) is 11.6 Å². The molecule has 0 saturated heterocycles. The zero-order valence-corrected chi connectivity index (χ0v) is 12.0. The van der Waals surface area contributed by atoms with Crippen LogP contribution in [0.1, 0.15) is 23.6 Å². The third-order valence-corrected chi connectivity index (χ3v) is 3.58. The molecule has 4 heteroatoms. The highest BCUT2D eigenvalue weighted by molar-refractivity contribution is 6.30.